The maximum absolute atomic E-state index is 11.7. The highest BCUT2D eigenvalue weighted by Gasteiger charge is 2.30. The van der Waals surface area contributed by atoms with E-state index in [0.717, 1.165) is 39.0 Å². The van der Waals surface area contributed by atoms with Crippen LogP contribution in [-0.4, -0.2) is 37.0 Å². The second-order valence-electron chi connectivity index (χ2n) is 5.15. The average Bonchev–Trinajstić information content (AvgIpc) is 2.60. The topological polar surface area (TPSA) is 32.3 Å². The van der Waals surface area contributed by atoms with Gasteiger partial charge in [0.25, 0.3) is 0 Å². The zero-order valence-electron chi connectivity index (χ0n) is 11.0. The summed E-state index contributed by atoms with van der Waals surface area (Å²) >= 11 is 0. The maximum Gasteiger partial charge on any atom is 0.222 e. The van der Waals surface area contributed by atoms with E-state index in [9.17, 15) is 4.79 Å². The Morgan fingerprint density at radius 2 is 2.19 bits per heavy atom. The molecule has 1 rings (SSSR count). The fourth-order valence-corrected chi connectivity index (χ4v) is 2.16. The molecule has 0 bridgehead atoms. The van der Waals surface area contributed by atoms with E-state index < -0.39 is 0 Å². The first-order chi connectivity index (χ1) is 7.65. The number of carbonyl (C=O) groups is 1. The van der Waals surface area contributed by atoms with E-state index in [1.54, 1.807) is 0 Å². The third kappa shape index (κ3) is 4.12. The van der Waals surface area contributed by atoms with Crippen molar-refractivity contribution in [2.75, 3.05) is 26.2 Å². The molecule has 1 saturated heterocycles. The predicted molar refractivity (Wildman–Crippen MR) is 67.3 cm³/mol. The molecule has 1 unspecified atom stereocenters. The normalized spacial score (nSPS) is 21.1. The predicted octanol–water partition coefficient (Wildman–Crippen LogP) is 1.88. The smallest absolute Gasteiger partial charge is 0.222 e. The minimum atomic E-state index is 0.356. The summed E-state index contributed by atoms with van der Waals surface area (Å²) in [5.41, 5.74) is 0. The first-order valence-corrected chi connectivity index (χ1v) is 6.63. The average molecular weight is 226 g/mol. The summed E-state index contributed by atoms with van der Waals surface area (Å²) in [5.74, 6) is 1.57. The highest BCUT2D eigenvalue weighted by molar-refractivity contribution is 5.78. The van der Waals surface area contributed by atoms with Crippen LogP contribution in [0.2, 0.25) is 0 Å². The van der Waals surface area contributed by atoms with Gasteiger partial charge in [0.1, 0.15) is 0 Å². The van der Waals surface area contributed by atoms with Crippen LogP contribution in [0.15, 0.2) is 0 Å². The lowest BCUT2D eigenvalue weighted by Crippen LogP contribution is -2.29. The summed E-state index contributed by atoms with van der Waals surface area (Å²) in [7, 11) is 0. The van der Waals surface area contributed by atoms with Gasteiger partial charge in [0.05, 0.1) is 0 Å². The highest BCUT2D eigenvalue weighted by atomic mass is 16.2. The lowest BCUT2D eigenvalue weighted by molar-refractivity contribution is -0.127. The van der Waals surface area contributed by atoms with E-state index in [2.05, 4.69) is 26.1 Å². The second-order valence-corrected chi connectivity index (χ2v) is 5.15. The van der Waals surface area contributed by atoms with Crippen molar-refractivity contribution in [3.05, 3.63) is 0 Å². The molecule has 0 spiro atoms. The standard InChI is InChI=1S/C13H26N2O/c1-4-6-14-7-5-8-15-10-12(11(2)3)9-13(15)16/h11-12,14H,4-10H2,1-3H3. The molecular weight excluding hydrogens is 200 g/mol. The number of nitrogens with zero attached hydrogens (tertiary/aromatic N) is 1. The number of hydrogen-bond donors (Lipinski definition) is 1. The van der Waals surface area contributed by atoms with E-state index in [-0.39, 0.29) is 0 Å². The molecule has 0 aromatic carbocycles. The molecule has 3 heteroatoms. The van der Waals surface area contributed by atoms with Crippen LogP contribution in [0.3, 0.4) is 0 Å². The van der Waals surface area contributed by atoms with Crippen LogP contribution in [-0.2, 0) is 4.79 Å². The summed E-state index contributed by atoms with van der Waals surface area (Å²) in [4.78, 5) is 13.8. The monoisotopic (exact) mass is 226 g/mol. The number of likely N-dealkylation sites (tertiary alicyclic amines) is 1. The van der Waals surface area contributed by atoms with Crippen LogP contribution in [0, 0.1) is 11.8 Å². The lowest BCUT2D eigenvalue weighted by Gasteiger charge is -2.18. The van der Waals surface area contributed by atoms with Crippen LogP contribution < -0.4 is 5.32 Å². The molecule has 0 aromatic heterocycles. The Labute approximate surface area is 99.6 Å². The van der Waals surface area contributed by atoms with E-state index in [0.29, 0.717) is 17.7 Å². The Morgan fingerprint density at radius 1 is 1.44 bits per heavy atom. The molecule has 1 atom stereocenters. The first-order valence-electron chi connectivity index (χ1n) is 6.63. The third-order valence-electron chi connectivity index (χ3n) is 3.40. The van der Waals surface area contributed by atoms with Gasteiger partial charge < -0.3 is 10.2 Å². The van der Waals surface area contributed by atoms with E-state index in [4.69, 9.17) is 0 Å². The fraction of sp³-hybridized carbons (Fsp3) is 0.923. The third-order valence-corrected chi connectivity index (χ3v) is 3.40. The number of nitrogens with one attached hydrogen (secondary N) is 1. The molecule has 94 valence electrons. The molecule has 1 amide bonds. The molecule has 0 saturated carbocycles. The summed E-state index contributed by atoms with van der Waals surface area (Å²) < 4.78 is 0. The van der Waals surface area contributed by atoms with Crippen molar-refractivity contribution >= 4 is 5.91 Å². The second kappa shape index (κ2) is 6.89. The van der Waals surface area contributed by atoms with Gasteiger partial charge >= 0.3 is 0 Å². The van der Waals surface area contributed by atoms with Crippen LogP contribution >= 0.6 is 0 Å². The molecule has 0 aromatic rings. The van der Waals surface area contributed by atoms with Crippen molar-refractivity contribution in [3.8, 4) is 0 Å². The molecule has 0 radical (unpaired) electrons. The van der Waals surface area contributed by atoms with Crippen LogP contribution in [0.5, 0.6) is 0 Å². The zero-order chi connectivity index (χ0) is 12.0. The molecule has 16 heavy (non-hydrogen) atoms. The van der Waals surface area contributed by atoms with Crippen molar-refractivity contribution in [1.29, 1.82) is 0 Å². The van der Waals surface area contributed by atoms with Gasteiger partial charge in [-0.2, -0.15) is 0 Å². The van der Waals surface area contributed by atoms with Gasteiger partial charge in [-0.3, -0.25) is 4.79 Å². The molecule has 1 aliphatic rings. The zero-order valence-corrected chi connectivity index (χ0v) is 11.0. The quantitative estimate of drug-likeness (QED) is 0.672. The Kier molecular flexibility index (Phi) is 5.81. The van der Waals surface area contributed by atoms with Crippen molar-refractivity contribution in [2.24, 2.45) is 11.8 Å². The summed E-state index contributed by atoms with van der Waals surface area (Å²) in [6, 6.07) is 0. The Hall–Kier alpha value is -0.570. The van der Waals surface area contributed by atoms with Gasteiger partial charge in [-0.05, 0) is 37.8 Å². The molecule has 1 heterocycles. The summed E-state index contributed by atoms with van der Waals surface area (Å²) in [5, 5.41) is 3.37. The lowest BCUT2D eigenvalue weighted by atomic mass is 9.95. The van der Waals surface area contributed by atoms with E-state index in [1.807, 2.05) is 4.90 Å². The van der Waals surface area contributed by atoms with Crippen LogP contribution in [0.1, 0.15) is 40.0 Å². The van der Waals surface area contributed by atoms with Crippen LogP contribution in [0.25, 0.3) is 0 Å². The number of carbonyl (C=O) groups excluding carboxylic acids is 1. The molecular formula is C13H26N2O. The van der Waals surface area contributed by atoms with Gasteiger partial charge in [-0.25, -0.2) is 0 Å². The van der Waals surface area contributed by atoms with Crippen molar-refractivity contribution < 1.29 is 4.79 Å². The Balaban J connectivity index is 2.15. The number of rotatable bonds is 7. The van der Waals surface area contributed by atoms with Crippen molar-refractivity contribution in [1.82, 2.24) is 10.2 Å². The van der Waals surface area contributed by atoms with Crippen LogP contribution in [0.4, 0.5) is 0 Å². The first kappa shape index (κ1) is 13.5. The Bertz CT molecular complexity index is 216. The number of amides is 1. The molecule has 3 nitrogen and oxygen atoms in total. The SMILES string of the molecule is CCCNCCCN1CC(C(C)C)CC1=O. The minimum absolute atomic E-state index is 0.356. The number of hydrogen-bond acceptors (Lipinski definition) is 2. The van der Waals surface area contributed by atoms with Gasteiger partial charge in [-0.1, -0.05) is 20.8 Å². The molecule has 1 aliphatic heterocycles. The molecule has 1 N–H and O–H groups in total. The fourth-order valence-electron chi connectivity index (χ4n) is 2.16. The van der Waals surface area contributed by atoms with Crippen molar-refractivity contribution in [2.45, 2.75) is 40.0 Å². The molecule has 0 aliphatic carbocycles. The largest absolute Gasteiger partial charge is 0.342 e. The van der Waals surface area contributed by atoms with Crippen molar-refractivity contribution in [3.63, 3.8) is 0 Å². The van der Waals surface area contributed by atoms with E-state index in [1.165, 1.54) is 6.42 Å². The van der Waals surface area contributed by atoms with Gasteiger partial charge in [0.15, 0.2) is 0 Å². The van der Waals surface area contributed by atoms with E-state index >= 15 is 0 Å². The van der Waals surface area contributed by atoms with Gasteiger partial charge in [0, 0.05) is 19.5 Å². The summed E-state index contributed by atoms with van der Waals surface area (Å²) in [6.07, 6.45) is 3.02. The highest BCUT2D eigenvalue weighted by Crippen LogP contribution is 2.24. The van der Waals surface area contributed by atoms with Gasteiger partial charge in [-0.15, -0.1) is 0 Å². The molecule has 1 fully saturated rings. The minimum Gasteiger partial charge on any atom is -0.342 e. The van der Waals surface area contributed by atoms with Gasteiger partial charge in [0.2, 0.25) is 5.91 Å². The maximum atomic E-state index is 11.7. The summed E-state index contributed by atoms with van der Waals surface area (Å²) in [6.45, 7) is 10.6. The Morgan fingerprint density at radius 3 is 2.75 bits per heavy atom.